The lowest BCUT2D eigenvalue weighted by Crippen LogP contribution is -2.26. The van der Waals surface area contributed by atoms with E-state index in [0.717, 1.165) is 18.8 Å². The molecule has 4 atom stereocenters. The van der Waals surface area contributed by atoms with Gasteiger partial charge in [-0.2, -0.15) is 0 Å². The van der Waals surface area contributed by atoms with E-state index in [4.69, 9.17) is 0 Å². The number of carbonyl (C=O) groups is 1. The summed E-state index contributed by atoms with van der Waals surface area (Å²) in [5.74, 6) is 3.09. The van der Waals surface area contributed by atoms with Gasteiger partial charge in [0.2, 0.25) is 0 Å². The molecule has 4 unspecified atom stereocenters. The molecule has 0 radical (unpaired) electrons. The first-order chi connectivity index (χ1) is 6.52. The first kappa shape index (κ1) is 11.5. The van der Waals surface area contributed by atoms with Crippen LogP contribution in [0.5, 0.6) is 0 Å². The Balaban J connectivity index is 2.53. The SMILES string of the molecule is CC(=O)CCC1C=CC(C)C(C)C1C. The zero-order valence-corrected chi connectivity index (χ0v) is 9.79. The number of hydrogen-bond acceptors (Lipinski definition) is 1. The van der Waals surface area contributed by atoms with Gasteiger partial charge in [-0.05, 0) is 37.0 Å². The zero-order chi connectivity index (χ0) is 10.7. The molecule has 0 amide bonds. The summed E-state index contributed by atoms with van der Waals surface area (Å²) in [5.41, 5.74) is 0. The van der Waals surface area contributed by atoms with Gasteiger partial charge in [0.15, 0.2) is 0 Å². The van der Waals surface area contributed by atoms with Crippen molar-refractivity contribution in [1.82, 2.24) is 0 Å². The van der Waals surface area contributed by atoms with Crippen molar-refractivity contribution in [3.8, 4) is 0 Å². The van der Waals surface area contributed by atoms with Gasteiger partial charge in [-0.25, -0.2) is 0 Å². The Hall–Kier alpha value is -0.590. The number of Topliss-reactive ketones (excluding diaryl/α,β-unsaturated/α-hetero) is 1. The van der Waals surface area contributed by atoms with Crippen LogP contribution in [-0.4, -0.2) is 5.78 Å². The van der Waals surface area contributed by atoms with Crippen molar-refractivity contribution in [3.05, 3.63) is 12.2 Å². The second-order valence-corrected chi connectivity index (χ2v) is 4.87. The molecule has 0 aliphatic heterocycles. The fourth-order valence-corrected chi connectivity index (χ4v) is 2.27. The molecule has 1 aliphatic carbocycles. The summed E-state index contributed by atoms with van der Waals surface area (Å²) in [6, 6.07) is 0. The van der Waals surface area contributed by atoms with Crippen LogP contribution in [0.3, 0.4) is 0 Å². The van der Waals surface area contributed by atoms with Crippen molar-refractivity contribution < 1.29 is 4.79 Å². The molecular formula is C13H22O. The van der Waals surface area contributed by atoms with E-state index in [1.807, 2.05) is 0 Å². The largest absolute Gasteiger partial charge is 0.300 e. The lowest BCUT2D eigenvalue weighted by atomic mass is 9.71. The highest BCUT2D eigenvalue weighted by Crippen LogP contribution is 2.35. The molecule has 0 saturated heterocycles. The molecule has 80 valence electrons. The predicted octanol–water partition coefficient (Wildman–Crippen LogP) is 3.45. The van der Waals surface area contributed by atoms with Gasteiger partial charge in [-0.15, -0.1) is 0 Å². The van der Waals surface area contributed by atoms with Crippen LogP contribution in [0.4, 0.5) is 0 Å². The van der Waals surface area contributed by atoms with E-state index < -0.39 is 0 Å². The van der Waals surface area contributed by atoms with Gasteiger partial charge in [-0.1, -0.05) is 32.9 Å². The van der Waals surface area contributed by atoms with Crippen LogP contribution in [0.1, 0.15) is 40.5 Å². The normalized spacial score (nSPS) is 37.1. The first-order valence-corrected chi connectivity index (χ1v) is 5.70. The molecule has 14 heavy (non-hydrogen) atoms. The van der Waals surface area contributed by atoms with Gasteiger partial charge < -0.3 is 4.79 Å². The number of allylic oxidation sites excluding steroid dienone is 2. The quantitative estimate of drug-likeness (QED) is 0.629. The van der Waals surface area contributed by atoms with Gasteiger partial charge in [0, 0.05) is 6.42 Å². The third-order valence-corrected chi connectivity index (χ3v) is 3.83. The van der Waals surface area contributed by atoms with Crippen LogP contribution in [0.15, 0.2) is 12.2 Å². The van der Waals surface area contributed by atoms with Gasteiger partial charge in [0.05, 0.1) is 0 Å². The summed E-state index contributed by atoms with van der Waals surface area (Å²) in [7, 11) is 0. The maximum atomic E-state index is 10.9. The topological polar surface area (TPSA) is 17.1 Å². The molecule has 0 fully saturated rings. The smallest absolute Gasteiger partial charge is 0.129 e. The third-order valence-electron chi connectivity index (χ3n) is 3.83. The third kappa shape index (κ3) is 2.70. The fraction of sp³-hybridized carbons (Fsp3) is 0.769. The highest BCUT2D eigenvalue weighted by Gasteiger charge is 2.27. The van der Waals surface area contributed by atoms with Crippen molar-refractivity contribution in [2.45, 2.75) is 40.5 Å². The van der Waals surface area contributed by atoms with Crippen molar-refractivity contribution in [2.75, 3.05) is 0 Å². The molecule has 1 heteroatoms. The van der Waals surface area contributed by atoms with Crippen molar-refractivity contribution in [3.63, 3.8) is 0 Å². The summed E-state index contributed by atoms with van der Waals surface area (Å²) in [5, 5.41) is 0. The molecular weight excluding hydrogens is 172 g/mol. The molecule has 0 aromatic rings. The predicted molar refractivity (Wildman–Crippen MR) is 60.0 cm³/mol. The van der Waals surface area contributed by atoms with Crippen LogP contribution in [0, 0.1) is 23.7 Å². The number of hydrogen-bond donors (Lipinski definition) is 0. The van der Waals surface area contributed by atoms with E-state index in [-0.39, 0.29) is 0 Å². The minimum Gasteiger partial charge on any atom is -0.300 e. The highest BCUT2D eigenvalue weighted by atomic mass is 16.1. The van der Waals surface area contributed by atoms with Crippen molar-refractivity contribution >= 4 is 5.78 Å². The molecule has 0 heterocycles. The summed E-state index contributed by atoms with van der Waals surface area (Å²) in [4.78, 5) is 10.9. The maximum Gasteiger partial charge on any atom is 0.129 e. The second kappa shape index (κ2) is 4.77. The Morgan fingerprint density at radius 3 is 2.36 bits per heavy atom. The number of rotatable bonds is 3. The van der Waals surface area contributed by atoms with E-state index in [1.54, 1.807) is 6.92 Å². The Kier molecular flexibility index (Phi) is 3.91. The van der Waals surface area contributed by atoms with Crippen molar-refractivity contribution in [2.24, 2.45) is 23.7 Å². The molecule has 1 rings (SSSR count). The van der Waals surface area contributed by atoms with Gasteiger partial charge in [0.25, 0.3) is 0 Å². The lowest BCUT2D eigenvalue weighted by molar-refractivity contribution is -0.117. The highest BCUT2D eigenvalue weighted by molar-refractivity contribution is 5.75. The average Bonchev–Trinajstić information content (AvgIpc) is 2.13. The van der Waals surface area contributed by atoms with Gasteiger partial charge >= 0.3 is 0 Å². The summed E-state index contributed by atoms with van der Waals surface area (Å²) in [6.45, 7) is 8.59. The van der Waals surface area contributed by atoms with Crippen LogP contribution in [0.25, 0.3) is 0 Å². The second-order valence-electron chi connectivity index (χ2n) is 4.87. The van der Waals surface area contributed by atoms with E-state index in [2.05, 4.69) is 32.9 Å². The molecule has 0 spiro atoms. The Morgan fingerprint density at radius 1 is 1.14 bits per heavy atom. The lowest BCUT2D eigenvalue weighted by Gasteiger charge is -2.34. The van der Waals surface area contributed by atoms with E-state index in [9.17, 15) is 4.79 Å². The standard InChI is InChI=1S/C13H22O/c1-9-5-7-13(8-6-10(2)14)12(4)11(9)3/h5,7,9,11-13H,6,8H2,1-4H3. The minimum absolute atomic E-state index is 0.317. The van der Waals surface area contributed by atoms with E-state index in [0.29, 0.717) is 23.5 Å². The van der Waals surface area contributed by atoms with Gasteiger partial charge in [-0.3, -0.25) is 0 Å². The number of carbonyl (C=O) groups excluding carboxylic acids is 1. The minimum atomic E-state index is 0.317. The Bertz CT molecular complexity index is 229. The average molecular weight is 194 g/mol. The molecule has 0 bridgehead atoms. The molecule has 0 N–H and O–H groups in total. The Morgan fingerprint density at radius 2 is 1.79 bits per heavy atom. The monoisotopic (exact) mass is 194 g/mol. The molecule has 1 aliphatic rings. The Labute approximate surface area is 87.6 Å². The maximum absolute atomic E-state index is 10.9. The van der Waals surface area contributed by atoms with Crippen LogP contribution in [0.2, 0.25) is 0 Å². The summed E-state index contributed by atoms with van der Waals surface area (Å²) in [6.07, 6.45) is 6.40. The van der Waals surface area contributed by atoms with Crippen LogP contribution < -0.4 is 0 Å². The molecule has 0 aromatic heterocycles. The first-order valence-electron chi connectivity index (χ1n) is 5.70. The van der Waals surface area contributed by atoms with Gasteiger partial charge in [0.1, 0.15) is 5.78 Å². The van der Waals surface area contributed by atoms with Crippen LogP contribution in [-0.2, 0) is 4.79 Å². The fourth-order valence-electron chi connectivity index (χ4n) is 2.27. The molecule has 1 nitrogen and oxygen atoms in total. The van der Waals surface area contributed by atoms with E-state index in [1.165, 1.54) is 0 Å². The zero-order valence-electron chi connectivity index (χ0n) is 9.79. The summed E-state index contributed by atoms with van der Waals surface area (Å²) < 4.78 is 0. The van der Waals surface area contributed by atoms with E-state index >= 15 is 0 Å². The molecule has 0 aromatic carbocycles. The van der Waals surface area contributed by atoms with Crippen LogP contribution >= 0.6 is 0 Å². The van der Waals surface area contributed by atoms with Crippen molar-refractivity contribution in [1.29, 1.82) is 0 Å². The summed E-state index contributed by atoms with van der Waals surface area (Å²) >= 11 is 0. The molecule has 0 saturated carbocycles. The number of ketones is 1.